The molecule has 0 saturated carbocycles. The van der Waals surface area contributed by atoms with Crippen molar-refractivity contribution in [3.8, 4) is 0 Å². The van der Waals surface area contributed by atoms with Gasteiger partial charge in [0.1, 0.15) is 13.2 Å². The molecule has 0 radical (unpaired) electrons. The number of rotatable bonds is 56. The molecule has 0 bridgehead atoms. The summed E-state index contributed by atoms with van der Waals surface area (Å²) in [5.74, 6) is -0.926. The highest BCUT2D eigenvalue weighted by molar-refractivity contribution is 5.71. The Hall–Kier alpha value is -4.71. The summed E-state index contributed by atoms with van der Waals surface area (Å²) in [7, 11) is 0. The predicted molar refractivity (Wildman–Crippen MR) is 339 cm³/mol. The van der Waals surface area contributed by atoms with E-state index in [9.17, 15) is 14.4 Å². The van der Waals surface area contributed by atoms with Crippen molar-refractivity contribution < 1.29 is 28.6 Å². The third kappa shape index (κ3) is 62.1. The first-order chi connectivity index (χ1) is 38.5. The molecule has 0 aromatic carbocycles. The van der Waals surface area contributed by atoms with Crippen LogP contribution in [0, 0.1) is 0 Å². The maximum absolute atomic E-state index is 12.8. The lowest BCUT2D eigenvalue weighted by Gasteiger charge is -2.18. The zero-order valence-corrected chi connectivity index (χ0v) is 50.4. The lowest BCUT2D eigenvalue weighted by molar-refractivity contribution is -0.167. The number of hydrogen-bond acceptors (Lipinski definition) is 6. The lowest BCUT2D eigenvalue weighted by Crippen LogP contribution is -2.30. The van der Waals surface area contributed by atoms with Crippen LogP contribution >= 0.6 is 0 Å². The number of ether oxygens (including phenoxy) is 3. The third-order valence-electron chi connectivity index (χ3n) is 13.1. The van der Waals surface area contributed by atoms with Gasteiger partial charge < -0.3 is 14.2 Å². The molecule has 0 heterocycles. The molecular formula is C72H116O6. The van der Waals surface area contributed by atoms with Gasteiger partial charge in [0.25, 0.3) is 0 Å². The lowest BCUT2D eigenvalue weighted by atomic mass is 10.1. The molecule has 0 fully saturated rings. The molecule has 0 aromatic rings. The zero-order valence-electron chi connectivity index (χ0n) is 50.4. The van der Waals surface area contributed by atoms with Gasteiger partial charge in [-0.3, -0.25) is 14.4 Å². The maximum Gasteiger partial charge on any atom is 0.306 e. The fraction of sp³-hybridized carbons (Fsp3) is 0.625. The largest absolute Gasteiger partial charge is 0.462 e. The normalized spacial score (nSPS) is 13.1. The smallest absolute Gasteiger partial charge is 0.306 e. The molecule has 0 aliphatic carbocycles. The Kier molecular flexibility index (Phi) is 60.9. The maximum atomic E-state index is 12.8. The first-order valence-corrected chi connectivity index (χ1v) is 31.8. The molecule has 0 spiro atoms. The van der Waals surface area contributed by atoms with Crippen LogP contribution < -0.4 is 0 Å². The number of carbonyl (C=O) groups excluding carboxylic acids is 3. The Morgan fingerprint density at radius 1 is 0.269 bits per heavy atom. The minimum Gasteiger partial charge on any atom is -0.462 e. The van der Waals surface area contributed by atoms with Gasteiger partial charge in [-0.05, 0) is 122 Å². The summed E-state index contributed by atoms with van der Waals surface area (Å²) in [5, 5.41) is 0. The third-order valence-corrected chi connectivity index (χ3v) is 13.1. The van der Waals surface area contributed by atoms with Crippen molar-refractivity contribution in [2.45, 2.75) is 277 Å². The van der Waals surface area contributed by atoms with Crippen molar-refractivity contribution in [2.75, 3.05) is 13.2 Å². The van der Waals surface area contributed by atoms with E-state index in [1.807, 2.05) is 0 Å². The second-order valence-electron chi connectivity index (χ2n) is 20.6. The molecule has 78 heavy (non-hydrogen) atoms. The van der Waals surface area contributed by atoms with E-state index in [4.69, 9.17) is 14.2 Å². The summed E-state index contributed by atoms with van der Waals surface area (Å²) in [5.41, 5.74) is 0. The number of hydrogen-bond donors (Lipinski definition) is 0. The average Bonchev–Trinajstić information content (AvgIpc) is 3.44. The summed E-state index contributed by atoms with van der Waals surface area (Å²) in [6.07, 6.45) is 93.0. The van der Waals surface area contributed by atoms with Gasteiger partial charge in [0, 0.05) is 19.3 Å². The van der Waals surface area contributed by atoms with Crippen molar-refractivity contribution in [3.63, 3.8) is 0 Å². The number of carbonyl (C=O) groups is 3. The predicted octanol–water partition coefficient (Wildman–Crippen LogP) is 21.9. The van der Waals surface area contributed by atoms with E-state index < -0.39 is 6.10 Å². The van der Waals surface area contributed by atoms with Crippen LogP contribution in [0.15, 0.2) is 146 Å². The molecule has 6 heteroatoms. The van der Waals surface area contributed by atoms with E-state index in [-0.39, 0.29) is 31.1 Å². The van der Waals surface area contributed by atoms with Crippen LogP contribution in [0.2, 0.25) is 0 Å². The summed E-state index contributed by atoms with van der Waals surface area (Å²) in [4.78, 5) is 38.1. The Morgan fingerprint density at radius 2 is 0.500 bits per heavy atom. The van der Waals surface area contributed by atoms with Gasteiger partial charge in [0.2, 0.25) is 0 Å². The molecular weight excluding hydrogens is 961 g/mol. The monoisotopic (exact) mass is 1080 g/mol. The van der Waals surface area contributed by atoms with Crippen LogP contribution in [0.3, 0.4) is 0 Å². The Labute approximate surface area is 480 Å². The van der Waals surface area contributed by atoms with E-state index in [0.717, 1.165) is 154 Å². The molecule has 0 aromatic heterocycles. The van der Waals surface area contributed by atoms with Crippen molar-refractivity contribution >= 4 is 17.9 Å². The zero-order chi connectivity index (χ0) is 56.4. The Bertz CT molecular complexity index is 1710. The summed E-state index contributed by atoms with van der Waals surface area (Å²) in [6.45, 7) is 6.35. The van der Waals surface area contributed by atoms with E-state index in [0.29, 0.717) is 19.3 Å². The first kappa shape index (κ1) is 73.3. The average molecular weight is 1080 g/mol. The highest BCUT2D eigenvalue weighted by atomic mass is 16.6. The molecule has 1 atom stereocenters. The van der Waals surface area contributed by atoms with Crippen molar-refractivity contribution in [3.05, 3.63) is 146 Å². The van der Waals surface area contributed by atoms with Gasteiger partial charge in [-0.1, -0.05) is 276 Å². The molecule has 0 aliphatic rings. The van der Waals surface area contributed by atoms with Crippen molar-refractivity contribution in [1.29, 1.82) is 0 Å². The molecule has 0 amide bonds. The minimum atomic E-state index is -0.795. The van der Waals surface area contributed by atoms with E-state index in [2.05, 4.69) is 167 Å². The van der Waals surface area contributed by atoms with Crippen LogP contribution in [0.25, 0.3) is 0 Å². The topological polar surface area (TPSA) is 78.9 Å². The van der Waals surface area contributed by atoms with Crippen molar-refractivity contribution in [1.82, 2.24) is 0 Å². The Morgan fingerprint density at radius 3 is 0.782 bits per heavy atom. The second kappa shape index (κ2) is 64.8. The molecule has 0 rings (SSSR count). The van der Waals surface area contributed by atoms with E-state index in [1.165, 1.54) is 77.0 Å². The molecule has 6 nitrogen and oxygen atoms in total. The number of unbranched alkanes of at least 4 members (excludes halogenated alkanes) is 21. The Balaban J connectivity index is 4.17. The summed E-state index contributed by atoms with van der Waals surface area (Å²) in [6, 6.07) is 0. The molecule has 0 aliphatic heterocycles. The summed E-state index contributed by atoms with van der Waals surface area (Å²) < 4.78 is 16.8. The SMILES string of the molecule is CC/C=C\C/C=C\C/C=C\C/C=C\C/C=C\C/C=C\C/C=C\C/C=C\CCCCCCCCCCCCC(=O)OCC(COC(=O)CCCCCCCCCC)OC(=O)CCCCCC/C=C\C/C=C\C/C=C\C/C=C\CC. The molecule has 0 saturated heterocycles. The van der Waals surface area contributed by atoms with Gasteiger partial charge in [-0.15, -0.1) is 0 Å². The standard InChI is InChI=1S/C72H116O6/c1-4-7-10-13-16-19-21-23-25-27-28-29-30-31-32-33-34-35-36-37-38-39-40-41-42-43-44-46-47-49-51-53-56-59-62-65-71(74)77-68-69(67-76-70(73)64-61-58-55-18-15-12-9-6-3)78-72(75)66-63-60-57-54-52-50-48-45-26-24-22-20-17-14-11-8-5-2/h7-8,10-11,16-17,19-20,23-26,28-29,31-32,34-35,37-38,40-41,48,50,69H,4-6,9,12-15,18,21-22,27,30,33,36,39,42-47,49,51-68H2,1-3H3/b10-7-,11-8-,19-16-,20-17-,25-23-,26-24-,29-28-,32-31-,35-34-,38-37-,41-40-,50-48-. The van der Waals surface area contributed by atoms with Crippen LogP contribution in [-0.2, 0) is 28.6 Å². The van der Waals surface area contributed by atoms with E-state index in [1.54, 1.807) is 0 Å². The molecule has 0 N–H and O–H groups in total. The number of allylic oxidation sites excluding steroid dienone is 24. The van der Waals surface area contributed by atoms with Crippen LogP contribution in [0.5, 0.6) is 0 Å². The van der Waals surface area contributed by atoms with Crippen LogP contribution in [0.4, 0.5) is 0 Å². The van der Waals surface area contributed by atoms with Gasteiger partial charge in [0.15, 0.2) is 6.10 Å². The fourth-order valence-corrected chi connectivity index (χ4v) is 8.39. The molecule has 1 unspecified atom stereocenters. The molecule has 440 valence electrons. The van der Waals surface area contributed by atoms with Crippen LogP contribution in [0.1, 0.15) is 271 Å². The minimum absolute atomic E-state index is 0.0914. The van der Waals surface area contributed by atoms with Gasteiger partial charge in [-0.2, -0.15) is 0 Å². The van der Waals surface area contributed by atoms with Gasteiger partial charge >= 0.3 is 17.9 Å². The van der Waals surface area contributed by atoms with Gasteiger partial charge in [-0.25, -0.2) is 0 Å². The van der Waals surface area contributed by atoms with Crippen LogP contribution in [-0.4, -0.2) is 37.2 Å². The van der Waals surface area contributed by atoms with E-state index >= 15 is 0 Å². The quantitative estimate of drug-likeness (QED) is 0.0261. The fourth-order valence-electron chi connectivity index (χ4n) is 8.39. The van der Waals surface area contributed by atoms with Gasteiger partial charge in [0.05, 0.1) is 0 Å². The number of esters is 3. The van der Waals surface area contributed by atoms with Crippen molar-refractivity contribution in [2.24, 2.45) is 0 Å². The highest BCUT2D eigenvalue weighted by Crippen LogP contribution is 2.15. The second-order valence-corrected chi connectivity index (χ2v) is 20.6. The summed E-state index contributed by atoms with van der Waals surface area (Å²) >= 11 is 0. The highest BCUT2D eigenvalue weighted by Gasteiger charge is 2.19. The first-order valence-electron chi connectivity index (χ1n) is 31.8.